The monoisotopic (exact) mass is 536 g/mol. The minimum absolute atomic E-state index is 0.0551. The summed E-state index contributed by atoms with van der Waals surface area (Å²) in [5.74, 6) is 0.882. The molecule has 0 unspecified atom stereocenters. The summed E-state index contributed by atoms with van der Waals surface area (Å²) in [5, 5.41) is 15.9. The Kier molecular flexibility index (Phi) is 8.64. The summed E-state index contributed by atoms with van der Waals surface area (Å²) in [6.07, 6.45) is 7.34. The number of aromatic amines is 1. The SMILES string of the molecule is CC(C)Cc1ccc(C(=O)N(Cc2ccc(C(=O)Nc3nn[nH]n3)cc2)c2ccc(C3CCCCC3)cc2)cc1. The molecule has 1 saturated carbocycles. The number of hydrogen-bond donors (Lipinski definition) is 2. The summed E-state index contributed by atoms with van der Waals surface area (Å²) in [6.45, 7) is 4.76. The molecule has 1 fully saturated rings. The third-order valence-corrected chi connectivity index (χ3v) is 7.50. The molecule has 1 aliphatic carbocycles. The zero-order valence-corrected chi connectivity index (χ0v) is 23.1. The van der Waals surface area contributed by atoms with E-state index in [0.717, 1.165) is 17.7 Å². The van der Waals surface area contributed by atoms with Crippen molar-refractivity contribution in [2.75, 3.05) is 10.2 Å². The van der Waals surface area contributed by atoms with E-state index in [1.54, 1.807) is 12.1 Å². The van der Waals surface area contributed by atoms with Crippen molar-refractivity contribution in [3.05, 3.63) is 101 Å². The van der Waals surface area contributed by atoms with Gasteiger partial charge in [-0.25, -0.2) is 0 Å². The van der Waals surface area contributed by atoms with E-state index in [9.17, 15) is 9.59 Å². The van der Waals surface area contributed by atoms with Gasteiger partial charge in [-0.15, -0.1) is 5.10 Å². The molecule has 0 atom stereocenters. The average Bonchev–Trinajstić information content (AvgIpc) is 3.50. The van der Waals surface area contributed by atoms with Gasteiger partial charge in [0.1, 0.15) is 0 Å². The van der Waals surface area contributed by atoms with Crippen molar-refractivity contribution in [2.45, 2.75) is 64.8 Å². The first kappa shape index (κ1) is 27.2. The van der Waals surface area contributed by atoms with E-state index in [1.165, 1.54) is 43.2 Å². The van der Waals surface area contributed by atoms with E-state index in [0.29, 0.717) is 29.5 Å². The maximum Gasteiger partial charge on any atom is 0.270 e. The molecule has 0 aliphatic heterocycles. The molecule has 1 aliphatic rings. The molecule has 1 aromatic heterocycles. The van der Waals surface area contributed by atoms with Crippen LogP contribution in [0.4, 0.5) is 11.6 Å². The largest absolute Gasteiger partial charge is 0.304 e. The molecule has 2 amide bonds. The summed E-state index contributed by atoms with van der Waals surface area (Å²) < 4.78 is 0. The summed E-state index contributed by atoms with van der Waals surface area (Å²) in [4.78, 5) is 28.2. The van der Waals surface area contributed by atoms with Crippen LogP contribution >= 0.6 is 0 Å². The highest BCUT2D eigenvalue weighted by Gasteiger charge is 2.21. The van der Waals surface area contributed by atoms with Gasteiger partial charge in [-0.2, -0.15) is 5.21 Å². The van der Waals surface area contributed by atoms with Gasteiger partial charge in [-0.1, -0.05) is 74.6 Å². The van der Waals surface area contributed by atoms with Gasteiger partial charge < -0.3 is 4.90 Å². The van der Waals surface area contributed by atoms with Gasteiger partial charge in [0.25, 0.3) is 17.8 Å². The van der Waals surface area contributed by atoms with Crippen LogP contribution in [-0.4, -0.2) is 32.4 Å². The van der Waals surface area contributed by atoms with E-state index in [-0.39, 0.29) is 17.8 Å². The van der Waals surface area contributed by atoms with Gasteiger partial charge in [-0.3, -0.25) is 14.9 Å². The average molecular weight is 537 g/mol. The number of tetrazole rings is 1. The van der Waals surface area contributed by atoms with Crippen LogP contribution in [0.2, 0.25) is 0 Å². The lowest BCUT2D eigenvalue weighted by Gasteiger charge is -2.26. The molecule has 40 heavy (non-hydrogen) atoms. The van der Waals surface area contributed by atoms with Crippen LogP contribution in [0.5, 0.6) is 0 Å². The molecule has 1 heterocycles. The molecule has 8 nitrogen and oxygen atoms in total. The number of carbonyl (C=O) groups excluding carboxylic acids is 2. The third-order valence-electron chi connectivity index (χ3n) is 7.50. The van der Waals surface area contributed by atoms with Crippen molar-refractivity contribution in [2.24, 2.45) is 5.92 Å². The molecule has 5 rings (SSSR count). The zero-order valence-electron chi connectivity index (χ0n) is 23.1. The van der Waals surface area contributed by atoms with Crippen LogP contribution in [-0.2, 0) is 13.0 Å². The molecule has 4 aromatic rings. The first-order chi connectivity index (χ1) is 19.5. The van der Waals surface area contributed by atoms with Crippen LogP contribution in [0.25, 0.3) is 0 Å². The third kappa shape index (κ3) is 6.81. The lowest BCUT2D eigenvalue weighted by atomic mass is 9.84. The molecule has 3 aromatic carbocycles. The molecule has 0 spiro atoms. The standard InChI is InChI=1S/C32H36N6O2/c1-22(2)20-23-8-14-28(15-9-23)31(40)38(29-18-16-26(17-19-29)25-6-4-3-5-7-25)21-24-10-12-27(13-11-24)30(39)33-32-34-36-37-35-32/h8-19,22,25H,3-7,20-21H2,1-2H3,(H2,33,34,35,36,37,39). The number of amides is 2. The van der Waals surface area contributed by atoms with Crippen LogP contribution < -0.4 is 10.2 Å². The Hall–Kier alpha value is -4.33. The van der Waals surface area contributed by atoms with Crippen molar-refractivity contribution in [3.63, 3.8) is 0 Å². The molecule has 2 N–H and O–H groups in total. The molecular formula is C32H36N6O2. The Morgan fingerprint density at radius 2 is 1.52 bits per heavy atom. The highest BCUT2D eigenvalue weighted by molar-refractivity contribution is 6.06. The lowest BCUT2D eigenvalue weighted by Crippen LogP contribution is -2.30. The van der Waals surface area contributed by atoms with Gasteiger partial charge in [0.05, 0.1) is 6.54 Å². The molecular weight excluding hydrogens is 500 g/mol. The number of rotatable bonds is 9. The smallest absolute Gasteiger partial charge is 0.270 e. The Balaban J connectivity index is 1.37. The first-order valence-electron chi connectivity index (χ1n) is 14.1. The predicted molar refractivity (Wildman–Crippen MR) is 156 cm³/mol. The van der Waals surface area contributed by atoms with Gasteiger partial charge >= 0.3 is 0 Å². The maximum atomic E-state index is 13.9. The second-order valence-electron chi connectivity index (χ2n) is 11.0. The Labute approximate surface area is 235 Å². The van der Waals surface area contributed by atoms with E-state index in [2.05, 4.69) is 76.2 Å². The fraction of sp³-hybridized carbons (Fsp3) is 0.344. The summed E-state index contributed by atoms with van der Waals surface area (Å²) in [7, 11) is 0. The summed E-state index contributed by atoms with van der Waals surface area (Å²) in [5.41, 5.74) is 5.46. The minimum Gasteiger partial charge on any atom is -0.304 e. The Morgan fingerprint density at radius 3 is 2.15 bits per heavy atom. The topological polar surface area (TPSA) is 104 Å². The lowest BCUT2D eigenvalue weighted by molar-refractivity contribution is 0.0983. The van der Waals surface area contributed by atoms with Crippen LogP contribution in [0.1, 0.15) is 89.3 Å². The number of H-pyrrole nitrogens is 1. The normalized spacial score (nSPS) is 13.8. The minimum atomic E-state index is -0.333. The first-order valence-corrected chi connectivity index (χ1v) is 14.1. The quantitative estimate of drug-likeness (QED) is 0.253. The van der Waals surface area contributed by atoms with Crippen LogP contribution in [0, 0.1) is 5.92 Å². The molecule has 0 bridgehead atoms. The number of carbonyl (C=O) groups is 2. The molecule has 0 saturated heterocycles. The molecule has 8 heteroatoms. The number of hydrogen-bond acceptors (Lipinski definition) is 5. The number of anilines is 2. The Bertz CT molecular complexity index is 1390. The number of nitrogens with one attached hydrogen (secondary N) is 2. The van der Waals surface area contributed by atoms with Crippen molar-refractivity contribution in [3.8, 4) is 0 Å². The highest BCUT2D eigenvalue weighted by atomic mass is 16.2. The van der Waals surface area contributed by atoms with Crippen molar-refractivity contribution in [1.82, 2.24) is 20.6 Å². The van der Waals surface area contributed by atoms with Gasteiger partial charge in [0.15, 0.2) is 0 Å². The zero-order chi connectivity index (χ0) is 27.9. The van der Waals surface area contributed by atoms with Crippen molar-refractivity contribution in [1.29, 1.82) is 0 Å². The number of nitrogens with zero attached hydrogens (tertiary/aromatic N) is 4. The van der Waals surface area contributed by atoms with E-state index in [4.69, 9.17) is 0 Å². The highest BCUT2D eigenvalue weighted by Crippen LogP contribution is 2.34. The Morgan fingerprint density at radius 1 is 0.875 bits per heavy atom. The summed E-state index contributed by atoms with van der Waals surface area (Å²) >= 11 is 0. The van der Waals surface area contributed by atoms with Gasteiger partial charge in [0.2, 0.25) is 0 Å². The second-order valence-corrected chi connectivity index (χ2v) is 11.0. The van der Waals surface area contributed by atoms with E-state index in [1.807, 2.05) is 29.2 Å². The van der Waals surface area contributed by atoms with Crippen molar-refractivity contribution < 1.29 is 9.59 Å². The molecule has 0 radical (unpaired) electrons. The molecule has 206 valence electrons. The second kappa shape index (κ2) is 12.7. The van der Waals surface area contributed by atoms with Gasteiger partial charge in [-0.05, 0) is 89.4 Å². The van der Waals surface area contributed by atoms with E-state index >= 15 is 0 Å². The number of benzene rings is 3. The number of aromatic nitrogens is 4. The predicted octanol–water partition coefficient (Wildman–Crippen LogP) is 6.55. The fourth-order valence-corrected chi connectivity index (χ4v) is 5.39. The van der Waals surface area contributed by atoms with Crippen LogP contribution in [0.3, 0.4) is 0 Å². The fourth-order valence-electron chi connectivity index (χ4n) is 5.39. The van der Waals surface area contributed by atoms with Crippen LogP contribution in [0.15, 0.2) is 72.8 Å². The maximum absolute atomic E-state index is 13.9. The summed E-state index contributed by atoms with van der Waals surface area (Å²) in [6, 6.07) is 23.7. The van der Waals surface area contributed by atoms with E-state index < -0.39 is 0 Å². The van der Waals surface area contributed by atoms with Gasteiger partial charge in [0, 0.05) is 16.8 Å². The van der Waals surface area contributed by atoms with Crippen molar-refractivity contribution >= 4 is 23.5 Å².